The van der Waals surface area contributed by atoms with Crippen molar-refractivity contribution in [2.24, 2.45) is 11.7 Å². The summed E-state index contributed by atoms with van der Waals surface area (Å²) in [5, 5.41) is 2.97. The maximum absolute atomic E-state index is 12.0. The van der Waals surface area contributed by atoms with E-state index in [1.807, 2.05) is 12.1 Å². The molecule has 1 amide bonds. The zero-order chi connectivity index (χ0) is 13.9. The number of hydrogen-bond acceptors (Lipinski definition) is 3. The molecule has 1 aliphatic carbocycles. The van der Waals surface area contributed by atoms with Gasteiger partial charge in [-0.15, -0.1) is 0 Å². The number of carbonyl (C=O) groups is 1. The van der Waals surface area contributed by atoms with Gasteiger partial charge in [0.2, 0.25) is 5.91 Å². The summed E-state index contributed by atoms with van der Waals surface area (Å²) >= 11 is 0. The lowest BCUT2D eigenvalue weighted by atomic mass is 10.1. The summed E-state index contributed by atoms with van der Waals surface area (Å²) in [4.78, 5) is 14.3. The molecule has 0 bridgehead atoms. The maximum Gasteiger partial charge on any atom is 0.225 e. The van der Waals surface area contributed by atoms with Crippen LogP contribution in [0.25, 0.3) is 0 Å². The summed E-state index contributed by atoms with van der Waals surface area (Å²) in [5.74, 6) is 0.597. The van der Waals surface area contributed by atoms with Crippen LogP contribution in [-0.2, 0) is 4.79 Å². The average Bonchev–Trinajstić information content (AvgIpc) is 3.14. The Kier molecular flexibility index (Phi) is 3.92. The van der Waals surface area contributed by atoms with Gasteiger partial charge in [-0.05, 0) is 49.8 Å². The smallest absolute Gasteiger partial charge is 0.225 e. The third-order valence-corrected chi connectivity index (χ3v) is 4.25. The second kappa shape index (κ2) is 5.83. The van der Waals surface area contributed by atoms with Crippen LogP contribution in [0.4, 0.5) is 11.4 Å². The normalized spacial score (nSPS) is 19.9. The molecule has 1 atom stereocenters. The third-order valence-electron chi connectivity index (χ3n) is 4.25. The second-order valence-corrected chi connectivity index (χ2v) is 6.00. The van der Waals surface area contributed by atoms with Crippen LogP contribution in [0.1, 0.15) is 32.1 Å². The van der Waals surface area contributed by atoms with Crippen molar-refractivity contribution in [2.45, 2.75) is 38.1 Å². The predicted molar refractivity (Wildman–Crippen MR) is 81.8 cm³/mol. The summed E-state index contributed by atoms with van der Waals surface area (Å²) in [7, 11) is 0. The van der Waals surface area contributed by atoms with E-state index in [1.165, 1.54) is 31.4 Å². The van der Waals surface area contributed by atoms with Crippen molar-refractivity contribution in [2.75, 3.05) is 23.3 Å². The van der Waals surface area contributed by atoms with Crippen molar-refractivity contribution >= 4 is 17.3 Å². The van der Waals surface area contributed by atoms with E-state index < -0.39 is 0 Å². The lowest BCUT2D eigenvalue weighted by Gasteiger charge is -2.18. The molecule has 0 spiro atoms. The molecule has 1 unspecified atom stereocenters. The second-order valence-electron chi connectivity index (χ2n) is 6.00. The van der Waals surface area contributed by atoms with E-state index in [1.54, 1.807) is 0 Å². The molecular weight excluding hydrogens is 250 g/mol. The largest absolute Gasteiger partial charge is 0.371 e. The molecule has 1 aromatic carbocycles. The molecule has 3 N–H and O–H groups in total. The summed E-state index contributed by atoms with van der Waals surface area (Å²) in [6.45, 7) is 2.23. The number of amides is 1. The van der Waals surface area contributed by atoms with Crippen molar-refractivity contribution in [1.82, 2.24) is 0 Å². The highest BCUT2D eigenvalue weighted by Gasteiger charge is 2.29. The predicted octanol–water partition coefficient (Wildman–Crippen LogP) is 2.35. The monoisotopic (exact) mass is 273 g/mol. The van der Waals surface area contributed by atoms with Gasteiger partial charge in [0, 0.05) is 36.9 Å². The van der Waals surface area contributed by atoms with E-state index in [-0.39, 0.29) is 11.9 Å². The summed E-state index contributed by atoms with van der Waals surface area (Å²) in [6.07, 6.45) is 5.30. The molecule has 2 aliphatic rings. The van der Waals surface area contributed by atoms with Gasteiger partial charge < -0.3 is 16.0 Å². The molecule has 3 rings (SSSR count). The molecule has 0 radical (unpaired) electrons. The highest BCUT2D eigenvalue weighted by molar-refractivity contribution is 5.91. The fourth-order valence-corrected chi connectivity index (χ4v) is 2.87. The van der Waals surface area contributed by atoms with Crippen LogP contribution >= 0.6 is 0 Å². The number of nitrogens with two attached hydrogens (primary N) is 1. The summed E-state index contributed by atoms with van der Waals surface area (Å²) < 4.78 is 0. The van der Waals surface area contributed by atoms with E-state index in [9.17, 15) is 4.79 Å². The van der Waals surface area contributed by atoms with E-state index in [2.05, 4.69) is 22.3 Å². The zero-order valence-corrected chi connectivity index (χ0v) is 11.8. The topological polar surface area (TPSA) is 58.4 Å². The first kappa shape index (κ1) is 13.4. The summed E-state index contributed by atoms with van der Waals surface area (Å²) in [6, 6.07) is 8.14. The third kappa shape index (κ3) is 3.31. The molecule has 4 heteroatoms. The first-order valence-corrected chi connectivity index (χ1v) is 7.63. The first-order valence-electron chi connectivity index (χ1n) is 7.63. The van der Waals surface area contributed by atoms with E-state index in [4.69, 9.17) is 5.73 Å². The number of nitrogens with one attached hydrogen (secondary N) is 1. The van der Waals surface area contributed by atoms with Crippen LogP contribution in [0.5, 0.6) is 0 Å². The van der Waals surface area contributed by atoms with E-state index >= 15 is 0 Å². The highest BCUT2D eigenvalue weighted by Crippen LogP contribution is 2.33. The molecule has 2 fully saturated rings. The number of hydrogen-bond donors (Lipinski definition) is 2. The minimum absolute atomic E-state index is 0.0248. The van der Waals surface area contributed by atoms with Crippen LogP contribution in [0.2, 0.25) is 0 Å². The summed E-state index contributed by atoms with van der Waals surface area (Å²) in [5.41, 5.74) is 8.07. The van der Waals surface area contributed by atoms with Gasteiger partial charge >= 0.3 is 0 Å². The Morgan fingerprint density at radius 3 is 2.80 bits per heavy atom. The van der Waals surface area contributed by atoms with Crippen molar-refractivity contribution in [1.29, 1.82) is 0 Å². The number of rotatable bonds is 5. The van der Waals surface area contributed by atoms with E-state index in [0.29, 0.717) is 12.3 Å². The van der Waals surface area contributed by atoms with Crippen LogP contribution in [0.3, 0.4) is 0 Å². The van der Waals surface area contributed by atoms with Gasteiger partial charge in [0.1, 0.15) is 0 Å². The van der Waals surface area contributed by atoms with Crippen molar-refractivity contribution in [3.63, 3.8) is 0 Å². The Morgan fingerprint density at radius 1 is 1.35 bits per heavy atom. The number of benzene rings is 1. The van der Waals surface area contributed by atoms with Crippen molar-refractivity contribution < 1.29 is 4.79 Å². The Morgan fingerprint density at radius 2 is 2.10 bits per heavy atom. The van der Waals surface area contributed by atoms with Gasteiger partial charge in [-0.2, -0.15) is 0 Å². The minimum Gasteiger partial charge on any atom is -0.371 e. The van der Waals surface area contributed by atoms with Crippen molar-refractivity contribution in [3.8, 4) is 0 Å². The van der Waals surface area contributed by atoms with Gasteiger partial charge in [0.25, 0.3) is 0 Å². The minimum atomic E-state index is 0.0248. The lowest BCUT2D eigenvalue weighted by Crippen LogP contribution is -2.28. The van der Waals surface area contributed by atoms with Gasteiger partial charge in [-0.25, -0.2) is 0 Å². The fourth-order valence-electron chi connectivity index (χ4n) is 2.87. The Hall–Kier alpha value is -1.55. The molecule has 0 aromatic heterocycles. The molecule has 1 aliphatic heterocycles. The zero-order valence-electron chi connectivity index (χ0n) is 11.8. The van der Waals surface area contributed by atoms with Gasteiger partial charge in [-0.3, -0.25) is 4.79 Å². The Balaban J connectivity index is 1.58. The first-order chi connectivity index (χ1) is 9.72. The maximum atomic E-state index is 12.0. The molecule has 1 saturated carbocycles. The average molecular weight is 273 g/mol. The Bertz CT molecular complexity index is 478. The fraction of sp³-hybridized carbons (Fsp3) is 0.562. The number of nitrogens with zero attached hydrogens (tertiary/aromatic N) is 1. The Labute approximate surface area is 120 Å². The van der Waals surface area contributed by atoms with Crippen LogP contribution < -0.4 is 16.0 Å². The van der Waals surface area contributed by atoms with Crippen LogP contribution in [0, 0.1) is 5.92 Å². The number of anilines is 2. The van der Waals surface area contributed by atoms with Gasteiger partial charge in [0.05, 0.1) is 0 Å². The van der Waals surface area contributed by atoms with Gasteiger partial charge in [0.15, 0.2) is 0 Å². The standard InChI is InChI=1S/C16H23N3O/c17-15(12-6-7-12)11-16(20)18-13-4-3-5-14(10-13)19-8-1-2-9-19/h3-5,10,12,15H,1-2,6-9,11,17H2,(H,18,20). The number of carbonyl (C=O) groups excluding carboxylic acids is 1. The van der Waals surface area contributed by atoms with Crippen LogP contribution in [0.15, 0.2) is 24.3 Å². The van der Waals surface area contributed by atoms with E-state index in [0.717, 1.165) is 18.8 Å². The lowest BCUT2D eigenvalue weighted by molar-refractivity contribution is -0.116. The quantitative estimate of drug-likeness (QED) is 0.866. The highest BCUT2D eigenvalue weighted by atomic mass is 16.1. The molecule has 1 saturated heterocycles. The molecule has 108 valence electrons. The SMILES string of the molecule is NC(CC(=O)Nc1cccc(N2CCCC2)c1)C1CC1. The molecule has 4 nitrogen and oxygen atoms in total. The molecule has 20 heavy (non-hydrogen) atoms. The molecular formula is C16H23N3O. The molecule has 1 heterocycles. The van der Waals surface area contributed by atoms with Gasteiger partial charge in [-0.1, -0.05) is 6.07 Å². The molecule has 1 aromatic rings. The van der Waals surface area contributed by atoms with Crippen LogP contribution in [-0.4, -0.2) is 25.0 Å². The van der Waals surface area contributed by atoms with Crippen molar-refractivity contribution in [3.05, 3.63) is 24.3 Å².